The van der Waals surface area contributed by atoms with Crippen LogP contribution in [0.5, 0.6) is 0 Å². The van der Waals surface area contributed by atoms with Crippen molar-refractivity contribution >= 4 is 44.9 Å². The molecule has 2 N–H and O–H groups in total. The van der Waals surface area contributed by atoms with Crippen molar-refractivity contribution in [1.82, 2.24) is 9.97 Å². The van der Waals surface area contributed by atoms with Crippen molar-refractivity contribution in [3.63, 3.8) is 0 Å². The zero-order valence-electron chi connectivity index (χ0n) is 13.5. The average Bonchev–Trinajstić information content (AvgIpc) is 3.07. The number of benzene rings is 1. The van der Waals surface area contributed by atoms with Crippen LogP contribution in [0.3, 0.4) is 0 Å². The molecular weight excluding hydrogens is 356 g/mol. The maximum atomic E-state index is 11.4. The Labute approximate surface area is 154 Å². The van der Waals surface area contributed by atoms with Crippen LogP contribution in [0, 0.1) is 5.92 Å². The standard InChI is InChI=1S/C18H17ClN4OS/c19-13-3-1-11(2-4-13)14-9-25-18-15(14)17(21-10-22-18)23-7-5-12(6-8-23)16(20)24/h1-4,9-10,12H,5-8H2,(H2,20,24). The zero-order chi connectivity index (χ0) is 17.4. The van der Waals surface area contributed by atoms with Gasteiger partial charge < -0.3 is 10.6 Å². The van der Waals surface area contributed by atoms with Gasteiger partial charge in [0, 0.05) is 35.0 Å². The number of thiophene rings is 1. The molecule has 1 fully saturated rings. The first kappa shape index (κ1) is 16.3. The molecule has 1 aliphatic heterocycles. The highest BCUT2D eigenvalue weighted by Gasteiger charge is 2.26. The maximum absolute atomic E-state index is 11.4. The molecule has 0 bridgehead atoms. The molecule has 1 aromatic carbocycles. The van der Waals surface area contributed by atoms with Gasteiger partial charge in [0.2, 0.25) is 5.91 Å². The number of rotatable bonds is 3. The first-order chi connectivity index (χ1) is 12.1. The van der Waals surface area contributed by atoms with Gasteiger partial charge in [-0.25, -0.2) is 9.97 Å². The molecule has 1 saturated heterocycles. The molecule has 5 nitrogen and oxygen atoms in total. The minimum Gasteiger partial charge on any atom is -0.369 e. The molecular formula is C18H17ClN4OS. The van der Waals surface area contributed by atoms with Crippen molar-refractivity contribution in [2.24, 2.45) is 11.7 Å². The monoisotopic (exact) mass is 372 g/mol. The summed E-state index contributed by atoms with van der Waals surface area (Å²) in [4.78, 5) is 23.6. The Hall–Kier alpha value is -2.18. The van der Waals surface area contributed by atoms with Gasteiger partial charge >= 0.3 is 0 Å². The van der Waals surface area contributed by atoms with Gasteiger partial charge in [-0.2, -0.15) is 0 Å². The SMILES string of the molecule is NC(=O)C1CCN(c2ncnc3scc(-c4ccc(Cl)cc4)c23)CC1. The molecule has 7 heteroatoms. The van der Waals surface area contributed by atoms with E-state index in [0.717, 1.165) is 53.1 Å². The Morgan fingerprint density at radius 1 is 1.20 bits per heavy atom. The summed E-state index contributed by atoms with van der Waals surface area (Å²) in [6.45, 7) is 1.55. The number of amides is 1. The second-order valence-electron chi connectivity index (χ2n) is 6.20. The third-order valence-electron chi connectivity index (χ3n) is 4.70. The zero-order valence-corrected chi connectivity index (χ0v) is 15.1. The molecule has 0 saturated carbocycles. The normalized spacial score (nSPS) is 15.6. The molecule has 4 rings (SSSR count). The van der Waals surface area contributed by atoms with E-state index in [4.69, 9.17) is 17.3 Å². The molecule has 3 aromatic rings. The predicted octanol–water partition coefficient (Wildman–Crippen LogP) is 3.71. The van der Waals surface area contributed by atoms with Crippen LogP contribution in [-0.4, -0.2) is 29.0 Å². The summed E-state index contributed by atoms with van der Waals surface area (Å²) in [5.41, 5.74) is 7.66. The van der Waals surface area contributed by atoms with Crippen LogP contribution in [-0.2, 0) is 4.79 Å². The summed E-state index contributed by atoms with van der Waals surface area (Å²) in [5, 5.41) is 3.89. The number of carbonyl (C=O) groups is 1. The first-order valence-corrected chi connectivity index (χ1v) is 9.41. The van der Waals surface area contributed by atoms with Gasteiger partial charge in [-0.05, 0) is 30.5 Å². The van der Waals surface area contributed by atoms with E-state index in [1.54, 1.807) is 17.7 Å². The number of hydrogen-bond acceptors (Lipinski definition) is 5. The van der Waals surface area contributed by atoms with Gasteiger partial charge in [0.15, 0.2) is 0 Å². The Kier molecular flexibility index (Phi) is 4.31. The fourth-order valence-corrected chi connectivity index (χ4v) is 4.35. The van der Waals surface area contributed by atoms with E-state index < -0.39 is 0 Å². The molecule has 25 heavy (non-hydrogen) atoms. The fourth-order valence-electron chi connectivity index (χ4n) is 3.32. The van der Waals surface area contributed by atoms with Crippen LogP contribution in [0.2, 0.25) is 5.02 Å². The Bertz CT molecular complexity index is 916. The van der Waals surface area contributed by atoms with Crippen LogP contribution >= 0.6 is 22.9 Å². The lowest BCUT2D eigenvalue weighted by molar-refractivity contribution is -0.122. The second-order valence-corrected chi connectivity index (χ2v) is 7.49. The summed E-state index contributed by atoms with van der Waals surface area (Å²) in [7, 11) is 0. The van der Waals surface area contributed by atoms with E-state index in [0.29, 0.717) is 5.02 Å². The van der Waals surface area contributed by atoms with Gasteiger partial charge in [-0.15, -0.1) is 11.3 Å². The highest BCUT2D eigenvalue weighted by Crippen LogP contribution is 2.39. The number of anilines is 1. The topological polar surface area (TPSA) is 72.1 Å². The largest absolute Gasteiger partial charge is 0.369 e. The van der Waals surface area contributed by atoms with E-state index in [9.17, 15) is 4.79 Å². The summed E-state index contributed by atoms with van der Waals surface area (Å²) in [6.07, 6.45) is 3.14. The third kappa shape index (κ3) is 3.07. The number of carbonyl (C=O) groups excluding carboxylic acids is 1. The van der Waals surface area contributed by atoms with Crippen molar-refractivity contribution in [2.75, 3.05) is 18.0 Å². The van der Waals surface area contributed by atoms with Crippen molar-refractivity contribution in [3.05, 3.63) is 41.0 Å². The summed E-state index contributed by atoms with van der Waals surface area (Å²) < 4.78 is 0. The summed E-state index contributed by atoms with van der Waals surface area (Å²) >= 11 is 7.63. The van der Waals surface area contributed by atoms with E-state index in [-0.39, 0.29) is 11.8 Å². The number of aromatic nitrogens is 2. The molecule has 1 amide bonds. The van der Waals surface area contributed by atoms with Crippen molar-refractivity contribution in [2.45, 2.75) is 12.8 Å². The predicted molar refractivity (Wildman–Crippen MR) is 102 cm³/mol. The minimum atomic E-state index is -0.204. The quantitative estimate of drug-likeness (QED) is 0.760. The second kappa shape index (κ2) is 6.61. The smallest absolute Gasteiger partial charge is 0.220 e. The molecule has 3 heterocycles. The highest BCUT2D eigenvalue weighted by atomic mass is 35.5. The van der Waals surface area contributed by atoms with Crippen molar-refractivity contribution in [1.29, 1.82) is 0 Å². The number of nitrogens with two attached hydrogens (primary N) is 1. The average molecular weight is 373 g/mol. The minimum absolute atomic E-state index is 0.0354. The Morgan fingerprint density at radius 2 is 1.92 bits per heavy atom. The fraction of sp³-hybridized carbons (Fsp3) is 0.278. The molecule has 1 aliphatic rings. The van der Waals surface area contributed by atoms with E-state index in [1.807, 2.05) is 24.3 Å². The van der Waals surface area contributed by atoms with Crippen LogP contribution in [0.15, 0.2) is 36.0 Å². The Balaban J connectivity index is 1.74. The lowest BCUT2D eigenvalue weighted by Gasteiger charge is -2.31. The molecule has 0 unspecified atom stereocenters. The maximum Gasteiger partial charge on any atom is 0.220 e. The van der Waals surface area contributed by atoms with Gasteiger partial charge in [-0.3, -0.25) is 4.79 Å². The Morgan fingerprint density at radius 3 is 2.60 bits per heavy atom. The van der Waals surface area contributed by atoms with Crippen LogP contribution in [0.1, 0.15) is 12.8 Å². The van der Waals surface area contributed by atoms with Gasteiger partial charge in [-0.1, -0.05) is 23.7 Å². The van der Waals surface area contributed by atoms with E-state index in [1.165, 1.54) is 0 Å². The summed E-state index contributed by atoms with van der Waals surface area (Å²) in [6, 6.07) is 7.81. The molecule has 128 valence electrons. The molecule has 0 atom stereocenters. The lowest BCUT2D eigenvalue weighted by Crippen LogP contribution is -2.39. The van der Waals surface area contributed by atoms with E-state index in [2.05, 4.69) is 20.2 Å². The number of piperidine rings is 1. The van der Waals surface area contributed by atoms with E-state index >= 15 is 0 Å². The first-order valence-electron chi connectivity index (χ1n) is 8.16. The van der Waals surface area contributed by atoms with Crippen molar-refractivity contribution in [3.8, 4) is 11.1 Å². The third-order valence-corrected chi connectivity index (χ3v) is 5.84. The molecule has 0 spiro atoms. The van der Waals surface area contributed by atoms with Crippen LogP contribution < -0.4 is 10.6 Å². The lowest BCUT2D eigenvalue weighted by atomic mass is 9.96. The number of primary amides is 1. The molecule has 0 aliphatic carbocycles. The van der Waals surface area contributed by atoms with Gasteiger partial charge in [0.1, 0.15) is 17.0 Å². The number of halogens is 1. The molecule has 2 aromatic heterocycles. The molecule has 0 radical (unpaired) electrons. The van der Waals surface area contributed by atoms with Crippen molar-refractivity contribution < 1.29 is 4.79 Å². The number of hydrogen-bond donors (Lipinski definition) is 1. The van der Waals surface area contributed by atoms with Crippen LogP contribution in [0.4, 0.5) is 5.82 Å². The van der Waals surface area contributed by atoms with Crippen LogP contribution in [0.25, 0.3) is 21.3 Å². The highest BCUT2D eigenvalue weighted by molar-refractivity contribution is 7.17. The number of nitrogens with zero attached hydrogens (tertiary/aromatic N) is 3. The number of fused-ring (bicyclic) bond motifs is 1. The van der Waals surface area contributed by atoms with Gasteiger partial charge in [0.05, 0.1) is 5.39 Å². The van der Waals surface area contributed by atoms with Gasteiger partial charge in [0.25, 0.3) is 0 Å². The summed E-state index contributed by atoms with van der Waals surface area (Å²) in [5.74, 6) is 0.691.